The van der Waals surface area contributed by atoms with E-state index < -0.39 is 0 Å². The van der Waals surface area contributed by atoms with Crippen molar-refractivity contribution in [1.82, 2.24) is 9.88 Å². The van der Waals surface area contributed by atoms with Crippen LogP contribution in [-0.2, 0) is 18.4 Å². The van der Waals surface area contributed by atoms with Crippen LogP contribution in [-0.4, -0.2) is 34.2 Å². The van der Waals surface area contributed by atoms with E-state index in [1.165, 1.54) is 11.3 Å². The third-order valence-corrected chi connectivity index (χ3v) is 5.14. The number of rotatable bonds is 2. The number of aromatic hydroxyl groups is 2. The van der Waals surface area contributed by atoms with Crippen molar-refractivity contribution in [3.05, 3.63) is 40.4 Å². The van der Waals surface area contributed by atoms with E-state index in [4.69, 9.17) is 0 Å². The van der Waals surface area contributed by atoms with Gasteiger partial charge in [-0.2, -0.15) is 0 Å². The van der Waals surface area contributed by atoms with Crippen molar-refractivity contribution in [3.8, 4) is 10.9 Å². The molecule has 0 spiro atoms. The Balaban J connectivity index is 2.07. The van der Waals surface area contributed by atoms with Crippen molar-refractivity contribution < 1.29 is 10.2 Å². The second kappa shape index (κ2) is 4.75. The van der Waals surface area contributed by atoms with E-state index >= 15 is 0 Å². The van der Waals surface area contributed by atoms with Crippen molar-refractivity contribution >= 4 is 11.3 Å². The molecule has 0 fully saturated rings. The maximum atomic E-state index is 9.77. The molecule has 5 heteroatoms. The monoisotopic (exact) mass is 290 g/mol. The molecule has 1 aliphatic rings. The Bertz CT molecular complexity index is 639. The molecule has 1 unspecified atom stereocenters. The minimum atomic E-state index is -0.148. The van der Waals surface area contributed by atoms with Crippen LogP contribution in [0.2, 0.25) is 0 Å². The molecule has 20 heavy (non-hydrogen) atoms. The largest absolute Gasteiger partial charge is 0.508 e. The zero-order chi connectivity index (χ0) is 14.3. The minimum Gasteiger partial charge on any atom is -0.508 e. The molecule has 0 saturated carbocycles. The van der Waals surface area contributed by atoms with E-state index in [9.17, 15) is 10.2 Å². The summed E-state index contributed by atoms with van der Waals surface area (Å²) in [5.41, 5.74) is 1.98. The Morgan fingerprint density at radius 1 is 1.30 bits per heavy atom. The van der Waals surface area contributed by atoms with Crippen molar-refractivity contribution in [1.29, 1.82) is 0 Å². The molecule has 0 saturated heterocycles. The van der Waals surface area contributed by atoms with Crippen LogP contribution in [0, 0.1) is 0 Å². The lowest BCUT2D eigenvalue weighted by Gasteiger charge is -2.43. The first-order valence-electron chi connectivity index (χ1n) is 6.66. The molecule has 0 radical (unpaired) electrons. The maximum absolute atomic E-state index is 9.77. The van der Waals surface area contributed by atoms with Crippen LogP contribution < -0.4 is 0 Å². The van der Waals surface area contributed by atoms with Gasteiger partial charge >= 0.3 is 0 Å². The summed E-state index contributed by atoms with van der Waals surface area (Å²) in [6.45, 7) is 0. The summed E-state index contributed by atoms with van der Waals surface area (Å²) in [6.07, 6.45) is 2.59. The lowest BCUT2D eigenvalue weighted by Crippen LogP contribution is -2.45. The van der Waals surface area contributed by atoms with Crippen molar-refractivity contribution in [2.45, 2.75) is 24.8 Å². The summed E-state index contributed by atoms with van der Waals surface area (Å²) < 4.78 is 0. The Labute approximate surface area is 122 Å². The van der Waals surface area contributed by atoms with Crippen LogP contribution in [0.25, 0.3) is 0 Å². The number of likely N-dealkylation sites (N-methyl/N-ethyl adjacent to an activating group) is 1. The van der Waals surface area contributed by atoms with Gasteiger partial charge in [0.2, 0.25) is 0 Å². The van der Waals surface area contributed by atoms with Crippen molar-refractivity contribution in [3.63, 3.8) is 0 Å². The first-order valence-corrected chi connectivity index (χ1v) is 7.47. The first kappa shape index (κ1) is 13.4. The lowest BCUT2D eigenvalue weighted by atomic mass is 9.77. The predicted octanol–water partition coefficient (Wildman–Crippen LogP) is 2.50. The summed E-state index contributed by atoms with van der Waals surface area (Å²) in [5, 5.41) is 19.5. The van der Waals surface area contributed by atoms with Crippen LogP contribution in [0.5, 0.6) is 10.9 Å². The molecule has 2 aromatic rings. The quantitative estimate of drug-likeness (QED) is 0.892. The number of hydrogen-bond donors (Lipinski definition) is 2. The number of aryl methyl sites for hydroxylation is 1. The van der Waals surface area contributed by atoms with Gasteiger partial charge in [-0.1, -0.05) is 23.5 Å². The molecule has 1 aliphatic carbocycles. The molecule has 3 rings (SSSR count). The molecule has 1 aromatic carbocycles. The summed E-state index contributed by atoms with van der Waals surface area (Å²) in [7, 11) is 4.13. The highest BCUT2D eigenvalue weighted by Crippen LogP contribution is 2.43. The number of fused-ring (bicyclic) bond motifs is 1. The maximum Gasteiger partial charge on any atom is 0.271 e. The van der Waals surface area contributed by atoms with Gasteiger partial charge in [0.15, 0.2) is 0 Å². The number of thiazole rings is 1. The fourth-order valence-corrected chi connectivity index (χ4v) is 4.02. The number of benzene rings is 1. The van der Waals surface area contributed by atoms with E-state index in [-0.39, 0.29) is 10.7 Å². The van der Waals surface area contributed by atoms with Crippen LogP contribution >= 0.6 is 11.3 Å². The van der Waals surface area contributed by atoms with Gasteiger partial charge in [0.05, 0.1) is 11.2 Å². The zero-order valence-electron chi connectivity index (χ0n) is 11.6. The average Bonchev–Trinajstić information content (AvgIpc) is 2.77. The average molecular weight is 290 g/mol. The fourth-order valence-electron chi connectivity index (χ4n) is 3.06. The second-order valence-corrected chi connectivity index (χ2v) is 6.58. The second-order valence-electron chi connectivity index (χ2n) is 5.52. The summed E-state index contributed by atoms with van der Waals surface area (Å²) in [4.78, 5) is 7.55. The number of nitrogens with zero attached hydrogens (tertiary/aromatic N) is 2. The van der Waals surface area contributed by atoms with Gasteiger partial charge < -0.3 is 10.2 Å². The van der Waals surface area contributed by atoms with Gasteiger partial charge in [0, 0.05) is 11.3 Å². The van der Waals surface area contributed by atoms with Crippen LogP contribution in [0.3, 0.4) is 0 Å². The standard InChI is InChI=1S/C15H18N2O2S/c1-17(2)15(10-4-3-5-11(18)8-10)7-6-12-13(9-15)20-14(19)16-12/h3-5,8,18H,6-7,9H2,1-2H3,(H,16,19). The van der Waals surface area contributed by atoms with E-state index in [0.29, 0.717) is 5.75 Å². The Morgan fingerprint density at radius 2 is 2.10 bits per heavy atom. The predicted molar refractivity (Wildman–Crippen MR) is 79.3 cm³/mol. The molecule has 106 valence electrons. The molecule has 1 aromatic heterocycles. The highest BCUT2D eigenvalue weighted by atomic mass is 32.1. The Hall–Kier alpha value is -1.59. The lowest BCUT2D eigenvalue weighted by molar-refractivity contribution is 0.130. The van der Waals surface area contributed by atoms with E-state index in [1.54, 1.807) is 6.07 Å². The summed E-state index contributed by atoms with van der Waals surface area (Å²) in [6, 6.07) is 7.48. The van der Waals surface area contributed by atoms with E-state index in [2.05, 4.69) is 30.0 Å². The molecule has 1 atom stereocenters. The first-order chi connectivity index (χ1) is 9.51. The van der Waals surface area contributed by atoms with Crippen LogP contribution in [0.15, 0.2) is 24.3 Å². The van der Waals surface area contributed by atoms with Crippen molar-refractivity contribution in [2.75, 3.05) is 14.1 Å². The molecule has 4 nitrogen and oxygen atoms in total. The molecular weight excluding hydrogens is 272 g/mol. The normalized spacial score (nSPS) is 21.9. The zero-order valence-corrected chi connectivity index (χ0v) is 12.4. The number of phenols is 1. The van der Waals surface area contributed by atoms with Gasteiger partial charge in [-0.05, 0) is 44.6 Å². The van der Waals surface area contributed by atoms with Crippen molar-refractivity contribution in [2.24, 2.45) is 0 Å². The van der Waals surface area contributed by atoms with Crippen LogP contribution in [0.1, 0.15) is 22.6 Å². The van der Waals surface area contributed by atoms with Crippen LogP contribution in [0.4, 0.5) is 0 Å². The molecule has 1 heterocycles. The SMILES string of the molecule is CN(C)C1(c2cccc(O)c2)CCc2nc(O)sc2C1. The third-order valence-electron chi connectivity index (χ3n) is 4.23. The van der Waals surface area contributed by atoms with Gasteiger partial charge in [-0.25, -0.2) is 4.98 Å². The topological polar surface area (TPSA) is 56.6 Å². The van der Waals surface area contributed by atoms with E-state index in [1.807, 2.05) is 12.1 Å². The van der Waals surface area contributed by atoms with Gasteiger partial charge in [0.25, 0.3) is 5.19 Å². The highest BCUT2D eigenvalue weighted by molar-refractivity contribution is 7.13. The van der Waals surface area contributed by atoms with Gasteiger partial charge in [0.1, 0.15) is 5.75 Å². The molecular formula is C15H18N2O2S. The summed E-state index contributed by atoms with van der Waals surface area (Å²) in [5.74, 6) is 0.293. The third kappa shape index (κ3) is 2.07. The number of hydrogen-bond acceptors (Lipinski definition) is 5. The molecule has 0 bridgehead atoms. The highest BCUT2D eigenvalue weighted by Gasteiger charge is 2.39. The van der Waals surface area contributed by atoms with Gasteiger partial charge in [-0.3, -0.25) is 4.90 Å². The molecule has 2 N–H and O–H groups in total. The fraction of sp³-hybridized carbons (Fsp3) is 0.400. The smallest absolute Gasteiger partial charge is 0.271 e. The molecule has 0 amide bonds. The summed E-state index contributed by atoms with van der Waals surface area (Å²) >= 11 is 1.36. The minimum absolute atomic E-state index is 0.148. The Morgan fingerprint density at radius 3 is 2.80 bits per heavy atom. The number of phenolic OH excluding ortho intramolecular Hbond substituents is 1. The van der Waals surface area contributed by atoms with E-state index in [0.717, 1.165) is 35.4 Å². The van der Waals surface area contributed by atoms with Gasteiger partial charge in [-0.15, -0.1) is 0 Å². The number of aromatic nitrogens is 1. The molecule has 0 aliphatic heterocycles. The Kier molecular flexibility index (Phi) is 3.18.